The van der Waals surface area contributed by atoms with Crippen LogP contribution in [0.2, 0.25) is 0 Å². The number of anilines is 2. The maximum atomic E-state index is 3.84. The summed E-state index contributed by atoms with van der Waals surface area (Å²) in [5.74, 6) is 0. The van der Waals surface area contributed by atoms with Crippen LogP contribution in [0.3, 0.4) is 0 Å². The van der Waals surface area contributed by atoms with E-state index in [2.05, 4.69) is 60.2 Å². The first kappa shape index (κ1) is 22.8. The van der Waals surface area contributed by atoms with Crippen LogP contribution in [0, 0.1) is 0 Å². The van der Waals surface area contributed by atoms with Crippen molar-refractivity contribution in [3.8, 4) is 0 Å². The van der Waals surface area contributed by atoms with Gasteiger partial charge in [0.2, 0.25) is 0 Å². The average Bonchev–Trinajstić information content (AvgIpc) is 2.71. The van der Waals surface area contributed by atoms with Gasteiger partial charge >= 0.3 is 0 Å². The van der Waals surface area contributed by atoms with Crippen molar-refractivity contribution in [2.24, 2.45) is 0 Å². The highest BCUT2D eigenvalue weighted by atomic mass is 14.9. The Bertz CT molecular complexity index is 794. The molecule has 0 bridgehead atoms. The fraction of sp³-hybridized carbons (Fsp3) is 0.154. The Morgan fingerprint density at radius 3 is 2.14 bits per heavy atom. The van der Waals surface area contributed by atoms with Crippen LogP contribution in [0.5, 0.6) is 0 Å². The molecule has 0 atom stereocenters. The molecular weight excluding hydrogens is 340 g/mol. The van der Waals surface area contributed by atoms with Crippen molar-refractivity contribution in [3.05, 3.63) is 121 Å². The Labute approximate surface area is 170 Å². The number of allylic oxidation sites excluding steroid dienone is 7. The van der Waals surface area contributed by atoms with Crippen LogP contribution in [0.25, 0.3) is 0 Å². The first-order valence-electron chi connectivity index (χ1n) is 9.49. The standard InChI is InChI=1S/C15H15N.C11H17N/c1-2-6-13-9-11-15(12-10-13)16-14-7-4-3-5-8-14;1-5-7-8-9-11(4)12-10(3)6-2/h2-5,7-12,16H,1,6H2;5-9,12H,4H2,1-3H3/b;7-5-,9-8-,10-6+. The Morgan fingerprint density at radius 1 is 0.929 bits per heavy atom. The van der Waals surface area contributed by atoms with E-state index in [1.165, 1.54) is 5.56 Å². The molecule has 28 heavy (non-hydrogen) atoms. The first-order chi connectivity index (χ1) is 13.6. The van der Waals surface area contributed by atoms with E-state index >= 15 is 0 Å². The van der Waals surface area contributed by atoms with Crippen molar-refractivity contribution in [1.29, 1.82) is 0 Å². The van der Waals surface area contributed by atoms with Crippen LogP contribution >= 0.6 is 0 Å². The Balaban J connectivity index is 0.000000295. The van der Waals surface area contributed by atoms with Crippen LogP contribution in [-0.4, -0.2) is 0 Å². The lowest BCUT2D eigenvalue weighted by Gasteiger charge is -2.06. The molecule has 2 nitrogen and oxygen atoms in total. The molecule has 0 amide bonds. The highest BCUT2D eigenvalue weighted by Gasteiger charge is 1.94. The number of hydrogen-bond acceptors (Lipinski definition) is 2. The van der Waals surface area contributed by atoms with E-state index in [1.807, 2.05) is 75.4 Å². The van der Waals surface area contributed by atoms with Gasteiger partial charge in [0.25, 0.3) is 0 Å². The third-order valence-electron chi connectivity index (χ3n) is 3.79. The van der Waals surface area contributed by atoms with Crippen LogP contribution < -0.4 is 10.6 Å². The predicted octanol–water partition coefficient (Wildman–Crippen LogP) is 7.30. The zero-order valence-corrected chi connectivity index (χ0v) is 17.3. The molecule has 0 aromatic heterocycles. The fourth-order valence-corrected chi connectivity index (χ4v) is 2.23. The molecule has 2 aromatic carbocycles. The topological polar surface area (TPSA) is 24.1 Å². The van der Waals surface area contributed by atoms with E-state index in [1.54, 1.807) is 0 Å². The number of nitrogens with one attached hydrogen (secondary N) is 2. The van der Waals surface area contributed by atoms with Gasteiger partial charge in [-0.15, -0.1) is 6.58 Å². The van der Waals surface area contributed by atoms with Gasteiger partial charge in [-0.3, -0.25) is 0 Å². The highest BCUT2D eigenvalue weighted by Crippen LogP contribution is 2.16. The number of rotatable bonds is 8. The number of para-hydroxylation sites is 1. The molecule has 0 aliphatic heterocycles. The average molecular weight is 373 g/mol. The van der Waals surface area contributed by atoms with Crippen LogP contribution in [0.1, 0.15) is 26.3 Å². The summed E-state index contributed by atoms with van der Waals surface area (Å²) in [6, 6.07) is 18.6. The van der Waals surface area contributed by atoms with E-state index in [0.29, 0.717) is 0 Å². The van der Waals surface area contributed by atoms with Crippen LogP contribution in [-0.2, 0) is 6.42 Å². The Morgan fingerprint density at radius 2 is 1.57 bits per heavy atom. The monoisotopic (exact) mass is 372 g/mol. The molecule has 2 aromatic rings. The zero-order chi connectivity index (χ0) is 20.6. The number of hydrogen-bond donors (Lipinski definition) is 2. The molecule has 0 aliphatic rings. The summed E-state index contributed by atoms with van der Waals surface area (Å²) >= 11 is 0. The molecule has 0 aliphatic carbocycles. The minimum absolute atomic E-state index is 0.906. The van der Waals surface area contributed by atoms with Gasteiger partial charge in [-0.1, -0.05) is 67.3 Å². The van der Waals surface area contributed by atoms with Crippen molar-refractivity contribution in [3.63, 3.8) is 0 Å². The molecule has 0 spiro atoms. The van der Waals surface area contributed by atoms with E-state index in [0.717, 1.165) is 29.2 Å². The summed E-state index contributed by atoms with van der Waals surface area (Å²) < 4.78 is 0. The maximum absolute atomic E-state index is 3.84. The van der Waals surface area contributed by atoms with Gasteiger partial charge in [-0.2, -0.15) is 0 Å². The summed E-state index contributed by atoms with van der Waals surface area (Å²) in [4.78, 5) is 0. The molecule has 0 radical (unpaired) electrons. The summed E-state index contributed by atoms with van der Waals surface area (Å²) in [7, 11) is 0. The van der Waals surface area contributed by atoms with Gasteiger partial charge in [0, 0.05) is 22.8 Å². The lowest BCUT2D eigenvalue weighted by molar-refractivity contribution is 1.00. The van der Waals surface area contributed by atoms with Crippen molar-refractivity contribution in [2.45, 2.75) is 27.2 Å². The molecular formula is C26H32N2. The molecule has 2 heteroatoms. The zero-order valence-electron chi connectivity index (χ0n) is 17.3. The van der Waals surface area contributed by atoms with Crippen LogP contribution in [0.4, 0.5) is 11.4 Å². The summed E-state index contributed by atoms with van der Waals surface area (Å²) in [5.41, 5.74) is 5.53. The molecule has 0 heterocycles. The van der Waals surface area contributed by atoms with E-state index in [4.69, 9.17) is 0 Å². The molecule has 0 saturated heterocycles. The van der Waals surface area contributed by atoms with Gasteiger partial charge in [-0.05, 0) is 63.1 Å². The smallest absolute Gasteiger partial charge is 0.0384 e. The predicted molar refractivity (Wildman–Crippen MR) is 126 cm³/mol. The Kier molecular flexibility index (Phi) is 11.3. The number of benzene rings is 2. The molecule has 2 N–H and O–H groups in total. The minimum Gasteiger partial charge on any atom is -0.360 e. The second-order valence-electron chi connectivity index (χ2n) is 6.19. The van der Waals surface area contributed by atoms with Gasteiger partial charge in [0.1, 0.15) is 0 Å². The van der Waals surface area contributed by atoms with Crippen molar-refractivity contribution in [1.82, 2.24) is 5.32 Å². The minimum atomic E-state index is 0.906. The van der Waals surface area contributed by atoms with Crippen molar-refractivity contribution in [2.75, 3.05) is 5.32 Å². The second-order valence-corrected chi connectivity index (χ2v) is 6.19. The van der Waals surface area contributed by atoms with Gasteiger partial charge < -0.3 is 10.6 Å². The lowest BCUT2D eigenvalue weighted by atomic mass is 10.1. The third-order valence-corrected chi connectivity index (χ3v) is 3.79. The SMILES string of the molecule is C=C(/C=C\C=C/C)N/C(C)=C/C.C=CCc1ccc(Nc2ccccc2)cc1. The van der Waals surface area contributed by atoms with Gasteiger partial charge in [0.05, 0.1) is 0 Å². The Hall–Kier alpha value is -3.26. The first-order valence-corrected chi connectivity index (χ1v) is 9.49. The largest absolute Gasteiger partial charge is 0.360 e. The molecule has 0 saturated carbocycles. The van der Waals surface area contributed by atoms with Crippen molar-refractivity contribution >= 4 is 11.4 Å². The van der Waals surface area contributed by atoms with Crippen LogP contribution in [0.15, 0.2) is 116 Å². The van der Waals surface area contributed by atoms with E-state index < -0.39 is 0 Å². The third kappa shape index (κ3) is 10.0. The van der Waals surface area contributed by atoms with E-state index in [9.17, 15) is 0 Å². The van der Waals surface area contributed by atoms with Gasteiger partial charge in [0.15, 0.2) is 0 Å². The summed E-state index contributed by atoms with van der Waals surface area (Å²) in [6.45, 7) is 13.6. The molecule has 2 rings (SSSR count). The molecule has 0 fully saturated rings. The second kappa shape index (κ2) is 13.9. The maximum Gasteiger partial charge on any atom is 0.0384 e. The quantitative estimate of drug-likeness (QED) is 0.375. The van der Waals surface area contributed by atoms with E-state index in [-0.39, 0.29) is 0 Å². The summed E-state index contributed by atoms with van der Waals surface area (Å²) in [6.07, 6.45) is 12.7. The van der Waals surface area contributed by atoms with Gasteiger partial charge in [-0.25, -0.2) is 0 Å². The molecule has 146 valence electrons. The highest BCUT2D eigenvalue weighted by molar-refractivity contribution is 5.59. The lowest BCUT2D eigenvalue weighted by Crippen LogP contribution is -2.06. The summed E-state index contributed by atoms with van der Waals surface area (Å²) in [5, 5.41) is 6.48. The normalized spacial score (nSPS) is 11.0. The van der Waals surface area contributed by atoms with Crippen molar-refractivity contribution < 1.29 is 0 Å². The molecule has 0 unspecified atom stereocenters. The fourth-order valence-electron chi connectivity index (χ4n) is 2.23.